The maximum absolute atomic E-state index is 5.36. The third-order valence-electron chi connectivity index (χ3n) is 3.17. The number of hydrogen-bond acceptors (Lipinski definition) is 3. The Balaban J connectivity index is 1.99. The molecule has 1 aromatic carbocycles. The number of pyridine rings is 1. The van der Waals surface area contributed by atoms with Crippen LogP contribution in [0.3, 0.4) is 0 Å². The number of methoxy groups -OCH3 is 1. The SMILES string of the molecule is CCC(NC(=S)Nc1ccncc1)c1ccc(OC)cc1. The van der Waals surface area contributed by atoms with Gasteiger partial charge in [-0.1, -0.05) is 19.1 Å². The number of nitrogens with zero attached hydrogens (tertiary/aromatic N) is 1. The van der Waals surface area contributed by atoms with E-state index in [-0.39, 0.29) is 6.04 Å². The third-order valence-corrected chi connectivity index (χ3v) is 3.39. The zero-order chi connectivity index (χ0) is 15.1. The predicted octanol–water partition coefficient (Wildman–Crippen LogP) is 3.53. The molecule has 0 saturated carbocycles. The van der Waals surface area contributed by atoms with Crippen molar-refractivity contribution in [2.45, 2.75) is 19.4 Å². The molecule has 5 heteroatoms. The average molecular weight is 301 g/mol. The molecule has 0 aliphatic heterocycles. The lowest BCUT2D eigenvalue weighted by Crippen LogP contribution is -2.32. The second-order valence-corrected chi connectivity index (χ2v) is 4.98. The summed E-state index contributed by atoms with van der Waals surface area (Å²) >= 11 is 5.36. The highest BCUT2D eigenvalue weighted by Crippen LogP contribution is 2.20. The standard InChI is InChI=1S/C16H19N3OS/c1-3-15(12-4-6-14(20-2)7-5-12)19-16(21)18-13-8-10-17-11-9-13/h4-11,15H,3H2,1-2H3,(H2,17,18,19,21). The summed E-state index contributed by atoms with van der Waals surface area (Å²) in [6, 6.07) is 11.9. The summed E-state index contributed by atoms with van der Waals surface area (Å²) < 4.78 is 5.18. The molecule has 0 fully saturated rings. The van der Waals surface area contributed by atoms with Gasteiger partial charge in [0.1, 0.15) is 5.75 Å². The average Bonchev–Trinajstić information content (AvgIpc) is 2.53. The molecule has 110 valence electrons. The van der Waals surface area contributed by atoms with Gasteiger partial charge in [0.05, 0.1) is 13.2 Å². The van der Waals surface area contributed by atoms with E-state index in [1.165, 1.54) is 5.56 Å². The quantitative estimate of drug-likeness (QED) is 0.827. The van der Waals surface area contributed by atoms with E-state index in [1.54, 1.807) is 19.5 Å². The Bertz CT molecular complexity index is 572. The molecule has 0 aliphatic carbocycles. The Morgan fingerprint density at radius 2 is 1.86 bits per heavy atom. The first kappa shape index (κ1) is 15.3. The van der Waals surface area contributed by atoms with Crippen LogP contribution in [0.4, 0.5) is 5.69 Å². The van der Waals surface area contributed by atoms with E-state index in [4.69, 9.17) is 17.0 Å². The largest absolute Gasteiger partial charge is 0.497 e. The van der Waals surface area contributed by atoms with Crippen molar-refractivity contribution in [3.05, 3.63) is 54.4 Å². The summed E-state index contributed by atoms with van der Waals surface area (Å²) in [6.07, 6.45) is 4.39. The molecule has 0 saturated heterocycles. The minimum Gasteiger partial charge on any atom is -0.497 e. The molecule has 0 bridgehead atoms. The van der Waals surface area contributed by atoms with Crippen molar-refractivity contribution >= 4 is 23.0 Å². The van der Waals surface area contributed by atoms with Gasteiger partial charge in [-0.3, -0.25) is 4.98 Å². The van der Waals surface area contributed by atoms with E-state index in [0.717, 1.165) is 17.9 Å². The maximum Gasteiger partial charge on any atom is 0.171 e. The fraction of sp³-hybridized carbons (Fsp3) is 0.250. The molecule has 0 spiro atoms. The van der Waals surface area contributed by atoms with E-state index in [9.17, 15) is 0 Å². The molecule has 2 aromatic rings. The number of hydrogen-bond donors (Lipinski definition) is 2. The summed E-state index contributed by atoms with van der Waals surface area (Å²) in [6.45, 7) is 2.12. The van der Waals surface area contributed by atoms with E-state index in [2.05, 4.69) is 34.7 Å². The van der Waals surface area contributed by atoms with Crippen molar-refractivity contribution in [3.8, 4) is 5.75 Å². The number of ether oxygens (including phenoxy) is 1. The number of anilines is 1. The topological polar surface area (TPSA) is 46.2 Å². The zero-order valence-corrected chi connectivity index (χ0v) is 13.0. The number of benzene rings is 1. The smallest absolute Gasteiger partial charge is 0.171 e. The molecule has 1 atom stereocenters. The fourth-order valence-electron chi connectivity index (χ4n) is 2.02. The summed E-state index contributed by atoms with van der Waals surface area (Å²) in [5.74, 6) is 0.853. The van der Waals surface area contributed by atoms with Crippen LogP contribution in [-0.2, 0) is 0 Å². The van der Waals surface area contributed by atoms with Gasteiger partial charge >= 0.3 is 0 Å². The second-order valence-electron chi connectivity index (χ2n) is 4.57. The molecule has 1 heterocycles. The van der Waals surface area contributed by atoms with Gasteiger partial charge in [-0.25, -0.2) is 0 Å². The lowest BCUT2D eigenvalue weighted by Gasteiger charge is -2.20. The fourth-order valence-corrected chi connectivity index (χ4v) is 2.28. The molecule has 2 rings (SSSR count). The van der Waals surface area contributed by atoms with Gasteiger partial charge in [0.2, 0.25) is 0 Å². The van der Waals surface area contributed by atoms with E-state index in [1.807, 2.05) is 24.3 Å². The van der Waals surface area contributed by atoms with Crippen LogP contribution >= 0.6 is 12.2 Å². The Morgan fingerprint density at radius 3 is 2.43 bits per heavy atom. The molecular formula is C16H19N3OS. The zero-order valence-electron chi connectivity index (χ0n) is 12.2. The Morgan fingerprint density at radius 1 is 1.19 bits per heavy atom. The molecule has 0 radical (unpaired) electrons. The van der Waals surface area contributed by atoms with Crippen molar-refractivity contribution in [2.24, 2.45) is 0 Å². The van der Waals surface area contributed by atoms with Crippen LogP contribution < -0.4 is 15.4 Å². The highest BCUT2D eigenvalue weighted by atomic mass is 32.1. The van der Waals surface area contributed by atoms with E-state index >= 15 is 0 Å². The second kappa shape index (κ2) is 7.59. The van der Waals surface area contributed by atoms with Crippen LogP contribution in [0.25, 0.3) is 0 Å². The summed E-state index contributed by atoms with van der Waals surface area (Å²) in [5.41, 5.74) is 2.10. The van der Waals surface area contributed by atoms with Gasteiger partial charge in [-0.15, -0.1) is 0 Å². The van der Waals surface area contributed by atoms with Crippen LogP contribution in [0, 0.1) is 0 Å². The van der Waals surface area contributed by atoms with Gasteiger partial charge in [0.25, 0.3) is 0 Å². The number of rotatable bonds is 5. The summed E-state index contributed by atoms with van der Waals surface area (Å²) in [7, 11) is 1.67. The maximum atomic E-state index is 5.36. The first-order chi connectivity index (χ1) is 10.2. The predicted molar refractivity (Wildman–Crippen MR) is 89.6 cm³/mol. The van der Waals surface area contributed by atoms with Gasteiger partial charge in [0, 0.05) is 18.1 Å². The first-order valence-electron chi connectivity index (χ1n) is 6.84. The molecule has 4 nitrogen and oxygen atoms in total. The molecule has 2 N–H and O–H groups in total. The molecule has 0 aliphatic rings. The van der Waals surface area contributed by atoms with Crippen molar-refractivity contribution in [1.29, 1.82) is 0 Å². The highest BCUT2D eigenvalue weighted by molar-refractivity contribution is 7.80. The van der Waals surface area contributed by atoms with Crippen molar-refractivity contribution in [2.75, 3.05) is 12.4 Å². The molecule has 21 heavy (non-hydrogen) atoms. The molecule has 0 amide bonds. The van der Waals surface area contributed by atoms with Gasteiger partial charge in [-0.05, 0) is 48.5 Å². The Kier molecular flexibility index (Phi) is 5.51. The van der Waals surface area contributed by atoms with Crippen molar-refractivity contribution in [3.63, 3.8) is 0 Å². The summed E-state index contributed by atoms with van der Waals surface area (Å²) in [4.78, 5) is 3.98. The molecule has 1 unspecified atom stereocenters. The van der Waals surface area contributed by atoms with E-state index in [0.29, 0.717) is 5.11 Å². The normalized spacial score (nSPS) is 11.5. The van der Waals surface area contributed by atoms with Gasteiger partial charge in [0.15, 0.2) is 5.11 Å². The van der Waals surface area contributed by atoms with E-state index < -0.39 is 0 Å². The molecular weight excluding hydrogens is 282 g/mol. The van der Waals surface area contributed by atoms with Crippen LogP contribution in [0.2, 0.25) is 0 Å². The summed E-state index contributed by atoms with van der Waals surface area (Å²) in [5, 5.41) is 7.08. The lowest BCUT2D eigenvalue weighted by atomic mass is 10.0. The Labute approximate surface area is 130 Å². The number of nitrogens with one attached hydrogen (secondary N) is 2. The number of aromatic nitrogens is 1. The monoisotopic (exact) mass is 301 g/mol. The minimum atomic E-state index is 0.165. The number of thiocarbonyl (C=S) groups is 1. The van der Waals surface area contributed by atoms with Crippen LogP contribution in [0.15, 0.2) is 48.8 Å². The van der Waals surface area contributed by atoms with Crippen LogP contribution in [0.5, 0.6) is 5.75 Å². The lowest BCUT2D eigenvalue weighted by molar-refractivity contribution is 0.414. The third kappa shape index (κ3) is 4.43. The minimum absolute atomic E-state index is 0.165. The Hall–Kier alpha value is -2.14. The van der Waals surface area contributed by atoms with Crippen molar-refractivity contribution < 1.29 is 4.74 Å². The van der Waals surface area contributed by atoms with Crippen molar-refractivity contribution in [1.82, 2.24) is 10.3 Å². The highest BCUT2D eigenvalue weighted by Gasteiger charge is 2.10. The van der Waals surface area contributed by atoms with Gasteiger partial charge in [-0.2, -0.15) is 0 Å². The van der Waals surface area contributed by atoms with Gasteiger partial charge < -0.3 is 15.4 Å². The first-order valence-corrected chi connectivity index (χ1v) is 7.25. The van der Waals surface area contributed by atoms with Crippen LogP contribution in [0.1, 0.15) is 24.9 Å². The molecule has 1 aromatic heterocycles. The van der Waals surface area contributed by atoms with Crippen LogP contribution in [-0.4, -0.2) is 17.2 Å².